The third-order valence-corrected chi connectivity index (χ3v) is 7.33. The molecule has 1 amide bonds. The number of aromatic hydroxyl groups is 3. The van der Waals surface area contributed by atoms with E-state index in [9.17, 15) is 54.9 Å². The summed E-state index contributed by atoms with van der Waals surface area (Å²) in [5, 5.41) is 75.6. The van der Waals surface area contributed by atoms with E-state index in [-0.39, 0.29) is 50.3 Å². The number of rotatable bonds is 5. The molecule has 13 heteroatoms. The summed E-state index contributed by atoms with van der Waals surface area (Å²) in [5.41, 5.74) is -3.02. The average molecular weight is 565 g/mol. The van der Waals surface area contributed by atoms with Gasteiger partial charge in [0.15, 0.2) is 17.6 Å². The Morgan fingerprint density at radius 1 is 0.878 bits per heavy atom. The van der Waals surface area contributed by atoms with Crippen LogP contribution in [0.2, 0.25) is 0 Å². The number of carbonyl (C=O) groups is 4. The lowest BCUT2D eigenvalue weighted by atomic mass is 9.74. The van der Waals surface area contributed by atoms with Gasteiger partial charge in [0.2, 0.25) is 0 Å². The number of aliphatic hydroxyl groups is 3. The molecule has 41 heavy (non-hydrogen) atoms. The van der Waals surface area contributed by atoms with Gasteiger partial charge in [0.25, 0.3) is 5.91 Å². The Morgan fingerprint density at radius 2 is 1.44 bits per heavy atom. The van der Waals surface area contributed by atoms with Gasteiger partial charge in [0, 0.05) is 28.3 Å². The van der Waals surface area contributed by atoms with Crippen molar-refractivity contribution in [2.75, 3.05) is 13.7 Å². The molecule has 3 atom stereocenters. The van der Waals surface area contributed by atoms with E-state index in [1.165, 1.54) is 26.2 Å². The first-order valence-corrected chi connectivity index (χ1v) is 12.1. The van der Waals surface area contributed by atoms with Gasteiger partial charge in [-0.25, -0.2) is 4.79 Å². The molecule has 212 valence electrons. The number of phenolic OH excluding ortho intramolecular Hbond substituents is 3. The number of ether oxygens (including phenoxy) is 1. The summed E-state index contributed by atoms with van der Waals surface area (Å²) < 4.78 is 5.07. The van der Waals surface area contributed by atoms with E-state index >= 15 is 0 Å². The minimum absolute atomic E-state index is 0.0516. The maximum Gasteiger partial charge on any atom is 0.328 e. The van der Waals surface area contributed by atoms with Crippen molar-refractivity contribution < 1.29 is 59.7 Å². The van der Waals surface area contributed by atoms with E-state index in [2.05, 4.69) is 5.32 Å². The summed E-state index contributed by atoms with van der Waals surface area (Å²) in [6.45, 7) is 0.411. The number of ketones is 2. The number of benzene rings is 3. The fourth-order valence-electron chi connectivity index (χ4n) is 5.36. The number of hydrogen-bond acceptors (Lipinski definition) is 11. The van der Waals surface area contributed by atoms with Crippen molar-refractivity contribution in [3.63, 3.8) is 0 Å². The monoisotopic (exact) mass is 565 g/mol. The molecule has 2 aliphatic rings. The van der Waals surface area contributed by atoms with Gasteiger partial charge < -0.3 is 45.8 Å². The molecule has 0 aliphatic heterocycles. The highest BCUT2D eigenvalue weighted by Gasteiger charge is 2.43. The topological polar surface area (TPSA) is 231 Å². The van der Waals surface area contributed by atoms with Crippen LogP contribution in [0.3, 0.4) is 0 Å². The molecular formula is C28H23NO12. The van der Waals surface area contributed by atoms with E-state index in [0.29, 0.717) is 0 Å². The van der Waals surface area contributed by atoms with Crippen molar-refractivity contribution in [2.45, 2.75) is 25.2 Å². The number of aryl methyl sites for hydroxylation is 1. The molecule has 3 aromatic carbocycles. The van der Waals surface area contributed by atoms with Crippen LogP contribution in [0.25, 0.3) is 11.1 Å². The summed E-state index contributed by atoms with van der Waals surface area (Å²) in [4.78, 5) is 51.3. The van der Waals surface area contributed by atoms with E-state index < -0.39 is 76.7 Å². The minimum Gasteiger partial charge on any atom is -0.507 e. The summed E-state index contributed by atoms with van der Waals surface area (Å²) in [6.07, 6.45) is -3.48. The highest BCUT2D eigenvalue weighted by atomic mass is 16.5. The Balaban J connectivity index is 1.78. The summed E-state index contributed by atoms with van der Waals surface area (Å²) in [7, 11) is 1.28. The molecule has 0 saturated carbocycles. The lowest BCUT2D eigenvalue weighted by Gasteiger charge is -2.33. The predicted octanol–water partition coefficient (Wildman–Crippen LogP) is 0.819. The number of carboxylic acid groups (broad SMARTS) is 1. The summed E-state index contributed by atoms with van der Waals surface area (Å²) >= 11 is 0. The SMILES string of the molecule is COc1cc(O)c2c(c1)C(=O)c1c(cc3c(c1O)-c1c(cc(C)c(C(=O)N[C@H](CO)C(=O)O)c1O)[C@H](O)[C@H]3O)C2=O. The van der Waals surface area contributed by atoms with Gasteiger partial charge in [-0.3, -0.25) is 14.4 Å². The Bertz CT molecular complexity index is 1710. The van der Waals surface area contributed by atoms with Crippen LogP contribution in [0.4, 0.5) is 0 Å². The number of methoxy groups -OCH3 is 1. The molecular weight excluding hydrogens is 542 g/mol. The zero-order valence-corrected chi connectivity index (χ0v) is 21.4. The maximum absolute atomic E-state index is 13.6. The Morgan fingerprint density at radius 3 is 2.02 bits per heavy atom. The van der Waals surface area contributed by atoms with Gasteiger partial charge in [-0.15, -0.1) is 0 Å². The smallest absolute Gasteiger partial charge is 0.328 e. The zero-order chi connectivity index (χ0) is 30.1. The van der Waals surface area contributed by atoms with E-state index in [1.54, 1.807) is 0 Å². The molecule has 0 aromatic heterocycles. The molecule has 0 unspecified atom stereocenters. The molecule has 2 aliphatic carbocycles. The number of fused-ring (bicyclic) bond motifs is 5. The number of hydrogen-bond donors (Lipinski definition) is 8. The standard InChI is InChI=1S/C28H23NO12/c1-8-3-10-18(25(36)16(8)27(38)29-14(7-30)28(39)40)19-12(24(35)23(10)34)6-13-20(26(19)37)22(33)11-4-9(41-2)5-15(31)17(11)21(13)32/h3-6,14,23-24,30-31,34-37H,7H2,1-2H3,(H,29,38)(H,39,40)/t14-,23+,24+/m1/s1. The van der Waals surface area contributed by atoms with Gasteiger partial charge in [0.05, 0.1) is 30.4 Å². The fraction of sp³-hybridized carbons (Fsp3) is 0.214. The number of aliphatic carboxylic acids is 1. The Labute approximate surface area is 230 Å². The molecule has 5 rings (SSSR count). The highest BCUT2D eigenvalue weighted by molar-refractivity contribution is 6.31. The zero-order valence-electron chi connectivity index (χ0n) is 21.4. The quantitative estimate of drug-likeness (QED) is 0.168. The molecule has 3 aromatic rings. The van der Waals surface area contributed by atoms with Crippen LogP contribution in [0.15, 0.2) is 24.3 Å². The maximum atomic E-state index is 13.6. The minimum atomic E-state index is -1.76. The molecule has 0 fully saturated rings. The van der Waals surface area contributed by atoms with Crippen LogP contribution >= 0.6 is 0 Å². The molecule has 0 spiro atoms. The second kappa shape index (κ2) is 9.59. The third kappa shape index (κ3) is 3.89. The lowest BCUT2D eigenvalue weighted by Crippen LogP contribution is -2.43. The van der Waals surface area contributed by atoms with E-state index in [4.69, 9.17) is 4.74 Å². The summed E-state index contributed by atoms with van der Waals surface area (Å²) in [6, 6.07) is 2.90. The molecule has 0 heterocycles. The highest BCUT2D eigenvalue weighted by Crippen LogP contribution is 2.55. The van der Waals surface area contributed by atoms with Gasteiger partial charge in [-0.05, 0) is 35.7 Å². The first-order chi connectivity index (χ1) is 19.3. The normalized spacial score (nSPS) is 17.6. The van der Waals surface area contributed by atoms with E-state index in [0.717, 1.165) is 12.1 Å². The molecule has 0 bridgehead atoms. The van der Waals surface area contributed by atoms with Crippen molar-refractivity contribution in [1.82, 2.24) is 5.32 Å². The first-order valence-electron chi connectivity index (χ1n) is 12.1. The van der Waals surface area contributed by atoms with Crippen LogP contribution in [0.1, 0.15) is 71.1 Å². The first kappa shape index (κ1) is 27.6. The van der Waals surface area contributed by atoms with Crippen molar-refractivity contribution in [3.8, 4) is 34.1 Å². The fourth-order valence-corrected chi connectivity index (χ4v) is 5.36. The van der Waals surface area contributed by atoms with Crippen molar-refractivity contribution >= 4 is 23.4 Å². The molecule has 8 N–H and O–H groups in total. The molecule has 0 saturated heterocycles. The number of amides is 1. The van der Waals surface area contributed by atoms with Gasteiger partial charge in [-0.1, -0.05) is 6.07 Å². The number of phenols is 3. The van der Waals surface area contributed by atoms with Gasteiger partial charge >= 0.3 is 5.97 Å². The second-order valence-electron chi connectivity index (χ2n) is 9.66. The van der Waals surface area contributed by atoms with Gasteiger partial charge in [-0.2, -0.15) is 0 Å². The largest absolute Gasteiger partial charge is 0.507 e. The van der Waals surface area contributed by atoms with Crippen LogP contribution in [0.5, 0.6) is 23.0 Å². The lowest BCUT2D eigenvalue weighted by molar-refractivity contribution is -0.140. The Hall–Kier alpha value is -4.98. The average Bonchev–Trinajstić information content (AvgIpc) is 2.92. The van der Waals surface area contributed by atoms with Gasteiger partial charge in [0.1, 0.15) is 35.2 Å². The number of nitrogens with one attached hydrogen (secondary N) is 1. The van der Waals surface area contributed by atoms with Crippen molar-refractivity contribution in [1.29, 1.82) is 0 Å². The van der Waals surface area contributed by atoms with Crippen molar-refractivity contribution in [3.05, 3.63) is 68.8 Å². The van der Waals surface area contributed by atoms with Crippen LogP contribution in [-0.2, 0) is 4.79 Å². The Kier molecular flexibility index (Phi) is 6.45. The van der Waals surface area contributed by atoms with Crippen LogP contribution in [-0.4, -0.2) is 78.9 Å². The predicted molar refractivity (Wildman–Crippen MR) is 137 cm³/mol. The second-order valence-corrected chi connectivity index (χ2v) is 9.66. The summed E-state index contributed by atoms with van der Waals surface area (Å²) in [5.74, 6) is -6.57. The van der Waals surface area contributed by atoms with E-state index in [1.807, 2.05) is 0 Å². The molecule has 13 nitrogen and oxygen atoms in total. The number of carbonyl (C=O) groups excluding carboxylic acids is 3. The van der Waals surface area contributed by atoms with Crippen LogP contribution in [0, 0.1) is 6.92 Å². The van der Waals surface area contributed by atoms with Crippen LogP contribution < -0.4 is 10.1 Å². The number of aliphatic hydroxyl groups excluding tert-OH is 3. The van der Waals surface area contributed by atoms with Crippen molar-refractivity contribution in [2.24, 2.45) is 0 Å². The number of carboxylic acids is 1. The molecule has 0 radical (unpaired) electrons. The third-order valence-electron chi connectivity index (χ3n) is 7.33.